The van der Waals surface area contributed by atoms with Crippen LogP contribution < -0.4 is 26.2 Å². The van der Waals surface area contributed by atoms with E-state index in [9.17, 15) is 0 Å². The second kappa shape index (κ2) is 20.2. The van der Waals surface area contributed by atoms with Gasteiger partial charge < -0.3 is 14.4 Å². The number of para-hydroxylation sites is 5. The van der Waals surface area contributed by atoms with Crippen LogP contribution in [0, 0.1) is 20.8 Å². The van der Waals surface area contributed by atoms with Crippen LogP contribution in [0.1, 0.15) is 16.7 Å². The third-order valence-electron chi connectivity index (χ3n) is 17.3. The molecule has 4 heterocycles. The first-order valence-corrected chi connectivity index (χ1v) is 29.2. The molecule has 2 aliphatic rings. The highest BCUT2D eigenvalue weighted by atomic mass is 15.2. The summed E-state index contributed by atoms with van der Waals surface area (Å²) in [6.45, 7) is 6.65. The molecule has 0 unspecified atom stereocenters. The zero-order chi connectivity index (χ0) is 56.7. The fraction of sp³-hybridized carbons (Fsp3) is 0.0385. The lowest BCUT2D eigenvalue weighted by Crippen LogP contribution is -2.61. The maximum absolute atomic E-state index is 5.28. The van der Waals surface area contributed by atoms with Gasteiger partial charge in [0.15, 0.2) is 17.5 Å². The van der Waals surface area contributed by atoms with Gasteiger partial charge in [-0.25, -0.2) is 15.0 Å². The summed E-state index contributed by atoms with van der Waals surface area (Å²) in [6, 6.07) is 101. The van der Waals surface area contributed by atoms with Crippen LogP contribution in [-0.4, -0.2) is 26.2 Å². The van der Waals surface area contributed by atoms with Crippen LogP contribution in [0.25, 0.3) is 95.0 Å². The maximum Gasteiger partial charge on any atom is 0.252 e. The van der Waals surface area contributed by atoms with Crippen LogP contribution >= 0.6 is 0 Å². The largest absolute Gasteiger partial charge is 0.311 e. The minimum atomic E-state index is 0.00968. The summed E-state index contributed by atoms with van der Waals surface area (Å²) in [6.07, 6.45) is 0. The molecule has 2 aromatic heterocycles. The van der Waals surface area contributed by atoms with Crippen LogP contribution in [0.2, 0.25) is 0 Å². The average molecular weight is 1090 g/mol. The zero-order valence-electron chi connectivity index (χ0n) is 47.3. The molecule has 0 aliphatic carbocycles. The molecule has 16 rings (SSSR count). The molecule has 0 amide bonds. The lowest BCUT2D eigenvalue weighted by molar-refractivity contribution is 1.07. The van der Waals surface area contributed by atoms with Crippen molar-refractivity contribution in [2.75, 3.05) is 9.80 Å². The quantitative estimate of drug-likeness (QED) is 0.135. The zero-order valence-corrected chi connectivity index (χ0v) is 47.3. The maximum atomic E-state index is 5.28. The van der Waals surface area contributed by atoms with Gasteiger partial charge in [-0.15, -0.1) is 0 Å². The Balaban J connectivity index is 0.943. The molecule has 0 spiro atoms. The monoisotopic (exact) mass is 1090 g/mol. The summed E-state index contributed by atoms with van der Waals surface area (Å²) >= 11 is 0. The van der Waals surface area contributed by atoms with E-state index in [1.54, 1.807) is 0 Å². The predicted molar refractivity (Wildman–Crippen MR) is 355 cm³/mol. The van der Waals surface area contributed by atoms with E-state index in [1.165, 1.54) is 66.4 Å². The molecule has 6 nitrogen and oxygen atoms in total. The van der Waals surface area contributed by atoms with Gasteiger partial charge in [0.25, 0.3) is 6.71 Å². The SMILES string of the molecule is Cc1cc(C)c(-c2ccc3c(c2)c2ccccc2n3-c2ccc(-c3nc(-c4ccccc4)nc(-c4ccccc4)n3)cc2-c2cccc(-c3cc4c5c(c3)N(c3ccccc3)c3ccccc3B5c3ccccc3N4c3ccccc3)c2)c(C)c1. The van der Waals surface area contributed by atoms with E-state index in [-0.39, 0.29) is 6.71 Å². The number of rotatable bonds is 9. The van der Waals surface area contributed by atoms with Crippen molar-refractivity contribution < 1.29 is 0 Å². The third-order valence-corrected chi connectivity index (χ3v) is 17.3. The summed E-state index contributed by atoms with van der Waals surface area (Å²) in [5.41, 5.74) is 27.4. The fourth-order valence-electron chi connectivity index (χ4n) is 13.7. The van der Waals surface area contributed by atoms with Crippen LogP contribution in [0.15, 0.2) is 279 Å². The smallest absolute Gasteiger partial charge is 0.252 e. The minimum Gasteiger partial charge on any atom is -0.311 e. The highest BCUT2D eigenvalue weighted by Gasteiger charge is 2.43. The number of hydrogen-bond donors (Lipinski definition) is 0. The van der Waals surface area contributed by atoms with Gasteiger partial charge >= 0.3 is 0 Å². The first-order valence-electron chi connectivity index (χ1n) is 29.2. The lowest BCUT2D eigenvalue weighted by atomic mass is 9.33. The van der Waals surface area contributed by atoms with Crippen molar-refractivity contribution >= 4 is 79.0 Å². The lowest BCUT2D eigenvalue weighted by Gasteiger charge is -2.44. The second-order valence-electron chi connectivity index (χ2n) is 22.5. The molecule has 0 N–H and O–H groups in total. The molecule has 0 saturated carbocycles. The van der Waals surface area contributed by atoms with E-state index in [2.05, 4.69) is 278 Å². The third kappa shape index (κ3) is 8.38. The van der Waals surface area contributed by atoms with Gasteiger partial charge in [-0.3, -0.25) is 0 Å². The molecule has 400 valence electrons. The second-order valence-corrected chi connectivity index (χ2v) is 22.5. The molecule has 0 radical (unpaired) electrons. The van der Waals surface area contributed by atoms with Crippen LogP contribution in [0.3, 0.4) is 0 Å². The van der Waals surface area contributed by atoms with Crippen LogP contribution in [0.5, 0.6) is 0 Å². The molecule has 0 saturated heterocycles. The average Bonchev–Trinajstić information content (AvgIpc) is 1.17. The van der Waals surface area contributed by atoms with E-state index in [0.29, 0.717) is 17.5 Å². The first kappa shape index (κ1) is 49.9. The van der Waals surface area contributed by atoms with Crippen molar-refractivity contribution in [3.8, 4) is 73.2 Å². The van der Waals surface area contributed by atoms with Gasteiger partial charge in [0.2, 0.25) is 0 Å². The summed E-state index contributed by atoms with van der Waals surface area (Å²) < 4.78 is 2.46. The fourth-order valence-corrected chi connectivity index (χ4v) is 13.7. The van der Waals surface area contributed by atoms with Gasteiger partial charge in [-0.05, 0) is 167 Å². The Morgan fingerprint density at radius 2 is 0.788 bits per heavy atom. The molecule has 85 heavy (non-hydrogen) atoms. The standard InChI is InChI=1S/C78H55BN6/c1-50-43-51(2)74(52(3)44-50)57-39-41-69-64(46-57)62-33-16-19-36-67(62)85(69)68-42-40-58(78-81-76(53-23-8-4-9-24-53)80-77(82-78)54-25-10-5-11-26-54)47-63(68)56-28-22-27-55(45-56)59-48-72-75-73(49-59)84(61-31-14-7-15-32-61)71-38-21-18-35-66(71)79(75)65-34-17-20-37-70(65)83(72)60-29-12-6-13-30-60/h4-49H,1-3H3. The first-order chi connectivity index (χ1) is 41.9. The Bertz CT molecular complexity index is 4750. The van der Waals surface area contributed by atoms with Gasteiger partial charge in [0, 0.05) is 67.2 Å². The predicted octanol–water partition coefficient (Wildman–Crippen LogP) is 18.0. The molecule has 2 aliphatic heterocycles. The minimum absolute atomic E-state index is 0.00968. The Morgan fingerprint density at radius 1 is 0.306 bits per heavy atom. The van der Waals surface area contributed by atoms with Gasteiger partial charge in [0.1, 0.15) is 0 Å². The molecule has 12 aromatic carbocycles. The molecule has 14 aromatic rings. The Hall–Kier alpha value is -10.9. The van der Waals surface area contributed by atoms with E-state index >= 15 is 0 Å². The number of hydrogen-bond acceptors (Lipinski definition) is 5. The van der Waals surface area contributed by atoms with E-state index < -0.39 is 0 Å². The Morgan fingerprint density at radius 3 is 1.39 bits per heavy atom. The van der Waals surface area contributed by atoms with Gasteiger partial charge in [-0.1, -0.05) is 194 Å². The van der Waals surface area contributed by atoms with Crippen molar-refractivity contribution in [2.45, 2.75) is 20.8 Å². The molecular formula is C78H55BN6. The van der Waals surface area contributed by atoms with Crippen molar-refractivity contribution in [1.29, 1.82) is 0 Å². The summed E-state index contributed by atoms with van der Waals surface area (Å²) in [4.78, 5) is 20.6. The molecular weight excluding hydrogens is 1030 g/mol. The van der Waals surface area contributed by atoms with Crippen molar-refractivity contribution in [3.05, 3.63) is 296 Å². The summed E-state index contributed by atoms with van der Waals surface area (Å²) in [5, 5.41) is 2.39. The number of nitrogens with zero attached hydrogens (tertiary/aromatic N) is 6. The highest BCUT2D eigenvalue weighted by molar-refractivity contribution is 7.00. The van der Waals surface area contributed by atoms with E-state index in [4.69, 9.17) is 15.0 Å². The number of aryl methyl sites for hydroxylation is 3. The highest BCUT2D eigenvalue weighted by Crippen LogP contribution is 2.47. The molecule has 0 fully saturated rings. The molecule has 0 bridgehead atoms. The van der Waals surface area contributed by atoms with E-state index in [0.717, 1.165) is 78.4 Å². The Kier molecular flexibility index (Phi) is 11.9. The van der Waals surface area contributed by atoms with Crippen molar-refractivity contribution in [3.63, 3.8) is 0 Å². The van der Waals surface area contributed by atoms with Crippen molar-refractivity contribution in [2.24, 2.45) is 0 Å². The molecule has 0 atom stereocenters. The topological polar surface area (TPSA) is 50.1 Å². The molecule has 7 heteroatoms. The Labute approximate surface area is 495 Å². The van der Waals surface area contributed by atoms with E-state index in [1.807, 2.05) is 36.4 Å². The van der Waals surface area contributed by atoms with Crippen LogP contribution in [-0.2, 0) is 0 Å². The number of benzene rings is 12. The normalized spacial score (nSPS) is 12.3. The van der Waals surface area contributed by atoms with Gasteiger partial charge in [0.05, 0.1) is 16.7 Å². The number of anilines is 6. The number of fused-ring (bicyclic) bond motifs is 7. The summed E-state index contributed by atoms with van der Waals surface area (Å²) in [7, 11) is 0. The van der Waals surface area contributed by atoms with Crippen molar-refractivity contribution in [1.82, 2.24) is 19.5 Å². The number of aromatic nitrogens is 4. The summed E-state index contributed by atoms with van der Waals surface area (Å²) in [5.74, 6) is 1.83. The van der Waals surface area contributed by atoms with Gasteiger partial charge in [-0.2, -0.15) is 0 Å². The van der Waals surface area contributed by atoms with Crippen LogP contribution in [0.4, 0.5) is 34.1 Å².